The minimum Gasteiger partial charge on any atom is -0.307 e. The number of aliphatic imine (C=N–C) groups is 1. The summed E-state index contributed by atoms with van der Waals surface area (Å²) >= 11 is 0. The van der Waals surface area contributed by atoms with E-state index in [4.69, 9.17) is 5.84 Å². The van der Waals surface area contributed by atoms with E-state index in [1.54, 1.807) is 6.20 Å². The summed E-state index contributed by atoms with van der Waals surface area (Å²) in [6.45, 7) is 4.62. The highest BCUT2D eigenvalue weighted by atomic mass is 15.3. The molecule has 3 N–H and O–H groups in total. The van der Waals surface area contributed by atoms with Gasteiger partial charge in [-0.1, -0.05) is 6.07 Å². The maximum atomic E-state index is 5.34. The van der Waals surface area contributed by atoms with Crippen molar-refractivity contribution in [1.29, 1.82) is 0 Å². The van der Waals surface area contributed by atoms with Gasteiger partial charge in [0.05, 0.1) is 0 Å². The molecule has 1 aromatic heterocycles. The molecule has 1 heterocycles. The third-order valence-corrected chi connectivity index (χ3v) is 1.69. The Kier molecular flexibility index (Phi) is 3.40. The SMILES string of the molecule is CCN=C(NN)c1ncccc1C. The second-order valence-corrected chi connectivity index (χ2v) is 2.64. The molecule has 4 heteroatoms. The highest BCUT2D eigenvalue weighted by molar-refractivity contribution is 5.97. The highest BCUT2D eigenvalue weighted by Crippen LogP contribution is 2.02. The Labute approximate surface area is 77.9 Å². The average molecular weight is 178 g/mol. The number of hydrogen-bond acceptors (Lipinski definition) is 3. The lowest BCUT2D eigenvalue weighted by Crippen LogP contribution is -2.32. The number of aryl methyl sites for hydroxylation is 1. The van der Waals surface area contributed by atoms with Crippen molar-refractivity contribution < 1.29 is 0 Å². The van der Waals surface area contributed by atoms with E-state index in [1.807, 2.05) is 26.0 Å². The molecule has 70 valence electrons. The minimum absolute atomic E-state index is 0.639. The fourth-order valence-corrected chi connectivity index (χ4v) is 1.08. The molecular weight excluding hydrogens is 164 g/mol. The Bertz CT molecular complexity index is 306. The second-order valence-electron chi connectivity index (χ2n) is 2.64. The van der Waals surface area contributed by atoms with E-state index in [-0.39, 0.29) is 0 Å². The molecule has 0 unspecified atom stereocenters. The van der Waals surface area contributed by atoms with Crippen LogP contribution in [0.1, 0.15) is 18.2 Å². The lowest BCUT2D eigenvalue weighted by Gasteiger charge is -2.06. The van der Waals surface area contributed by atoms with Gasteiger partial charge in [0.2, 0.25) is 0 Å². The van der Waals surface area contributed by atoms with E-state index < -0.39 is 0 Å². The molecule has 0 radical (unpaired) electrons. The fraction of sp³-hybridized carbons (Fsp3) is 0.333. The molecule has 0 fully saturated rings. The molecule has 0 amide bonds. The van der Waals surface area contributed by atoms with Crippen molar-refractivity contribution in [3.63, 3.8) is 0 Å². The molecule has 0 atom stereocenters. The smallest absolute Gasteiger partial charge is 0.161 e. The lowest BCUT2D eigenvalue weighted by molar-refractivity contribution is 0.976. The number of hydrogen-bond donors (Lipinski definition) is 2. The third kappa shape index (κ3) is 2.26. The number of hydrazine groups is 1. The quantitative estimate of drug-likeness (QED) is 0.302. The molecule has 1 rings (SSSR count). The summed E-state index contributed by atoms with van der Waals surface area (Å²) in [5, 5.41) is 0. The van der Waals surface area contributed by atoms with Crippen molar-refractivity contribution in [2.45, 2.75) is 13.8 Å². The van der Waals surface area contributed by atoms with Gasteiger partial charge in [-0.15, -0.1) is 0 Å². The standard InChI is InChI=1S/C9H14N4/c1-3-11-9(13-10)8-7(2)5-4-6-12-8/h4-6H,3,10H2,1-2H3,(H,11,13). The van der Waals surface area contributed by atoms with E-state index in [0.29, 0.717) is 12.4 Å². The van der Waals surface area contributed by atoms with Gasteiger partial charge in [-0.05, 0) is 25.5 Å². The van der Waals surface area contributed by atoms with Gasteiger partial charge in [0.25, 0.3) is 0 Å². The molecule has 0 aromatic carbocycles. The highest BCUT2D eigenvalue weighted by Gasteiger charge is 2.04. The Morgan fingerprint density at radius 3 is 3.00 bits per heavy atom. The monoisotopic (exact) mass is 178 g/mol. The Morgan fingerprint density at radius 1 is 1.69 bits per heavy atom. The molecule has 0 aliphatic heterocycles. The molecule has 13 heavy (non-hydrogen) atoms. The number of amidine groups is 1. The lowest BCUT2D eigenvalue weighted by atomic mass is 10.2. The van der Waals surface area contributed by atoms with Crippen LogP contribution in [-0.2, 0) is 0 Å². The van der Waals surface area contributed by atoms with Crippen LogP contribution in [0.4, 0.5) is 0 Å². The van der Waals surface area contributed by atoms with E-state index in [2.05, 4.69) is 15.4 Å². The second kappa shape index (κ2) is 4.57. The van der Waals surface area contributed by atoms with Gasteiger partial charge >= 0.3 is 0 Å². The van der Waals surface area contributed by atoms with Crippen LogP contribution in [-0.4, -0.2) is 17.4 Å². The zero-order valence-corrected chi connectivity index (χ0v) is 7.91. The number of nitrogens with one attached hydrogen (secondary N) is 1. The predicted molar refractivity (Wildman–Crippen MR) is 53.4 cm³/mol. The first-order chi connectivity index (χ1) is 6.29. The summed E-state index contributed by atoms with van der Waals surface area (Å²) in [5.41, 5.74) is 4.42. The van der Waals surface area contributed by atoms with Crippen molar-refractivity contribution >= 4 is 5.84 Å². The maximum absolute atomic E-state index is 5.34. The summed E-state index contributed by atoms with van der Waals surface area (Å²) in [6, 6.07) is 3.86. The fourth-order valence-electron chi connectivity index (χ4n) is 1.08. The van der Waals surface area contributed by atoms with Crippen molar-refractivity contribution in [3.05, 3.63) is 29.6 Å². The first-order valence-corrected chi connectivity index (χ1v) is 4.22. The minimum atomic E-state index is 0.639. The normalized spacial score (nSPS) is 11.5. The summed E-state index contributed by atoms with van der Waals surface area (Å²) < 4.78 is 0. The third-order valence-electron chi connectivity index (χ3n) is 1.69. The summed E-state index contributed by atoms with van der Waals surface area (Å²) in [4.78, 5) is 8.39. The van der Waals surface area contributed by atoms with Gasteiger partial charge in [-0.3, -0.25) is 9.98 Å². The number of rotatable bonds is 2. The van der Waals surface area contributed by atoms with E-state index >= 15 is 0 Å². The molecule has 1 aromatic rings. The van der Waals surface area contributed by atoms with Crippen LogP contribution in [0, 0.1) is 6.92 Å². The Morgan fingerprint density at radius 2 is 2.46 bits per heavy atom. The van der Waals surface area contributed by atoms with Crippen LogP contribution in [0.5, 0.6) is 0 Å². The van der Waals surface area contributed by atoms with Crippen LogP contribution in [0.15, 0.2) is 23.3 Å². The van der Waals surface area contributed by atoms with Crippen molar-refractivity contribution in [2.75, 3.05) is 6.54 Å². The molecule has 0 saturated heterocycles. The first kappa shape index (κ1) is 9.67. The number of nitrogens with zero attached hydrogens (tertiary/aromatic N) is 2. The van der Waals surface area contributed by atoms with Crippen molar-refractivity contribution in [1.82, 2.24) is 10.4 Å². The molecular formula is C9H14N4. The number of pyridine rings is 1. The van der Waals surface area contributed by atoms with Gasteiger partial charge in [0, 0.05) is 12.7 Å². The van der Waals surface area contributed by atoms with Gasteiger partial charge in [-0.25, -0.2) is 5.84 Å². The van der Waals surface area contributed by atoms with E-state index in [1.165, 1.54) is 0 Å². The number of aromatic nitrogens is 1. The largest absolute Gasteiger partial charge is 0.307 e. The molecule has 0 bridgehead atoms. The maximum Gasteiger partial charge on any atom is 0.161 e. The van der Waals surface area contributed by atoms with E-state index in [9.17, 15) is 0 Å². The van der Waals surface area contributed by atoms with Gasteiger partial charge in [0.1, 0.15) is 5.69 Å². The van der Waals surface area contributed by atoms with Crippen LogP contribution in [0.3, 0.4) is 0 Å². The molecule has 0 aliphatic rings. The molecule has 0 spiro atoms. The van der Waals surface area contributed by atoms with Crippen molar-refractivity contribution in [2.24, 2.45) is 10.8 Å². The Hall–Kier alpha value is -1.42. The summed E-state index contributed by atoms with van der Waals surface area (Å²) in [6.07, 6.45) is 1.73. The van der Waals surface area contributed by atoms with Gasteiger partial charge in [0.15, 0.2) is 5.84 Å². The summed E-state index contributed by atoms with van der Waals surface area (Å²) in [7, 11) is 0. The van der Waals surface area contributed by atoms with Crippen LogP contribution >= 0.6 is 0 Å². The van der Waals surface area contributed by atoms with Crippen LogP contribution in [0.25, 0.3) is 0 Å². The topological polar surface area (TPSA) is 63.3 Å². The zero-order valence-electron chi connectivity index (χ0n) is 7.91. The molecule has 0 saturated carbocycles. The Balaban J connectivity index is 3.05. The van der Waals surface area contributed by atoms with Crippen molar-refractivity contribution in [3.8, 4) is 0 Å². The van der Waals surface area contributed by atoms with Gasteiger partial charge < -0.3 is 5.43 Å². The predicted octanol–water partition coefficient (Wildman–Crippen LogP) is 0.620. The zero-order chi connectivity index (χ0) is 9.68. The van der Waals surface area contributed by atoms with E-state index in [0.717, 1.165) is 11.3 Å². The first-order valence-electron chi connectivity index (χ1n) is 4.22. The van der Waals surface area contributed by atoms with Gasteiger partial charge in [-0.2, -0.15) is 0 Å². The summed E-state index contributed by atoms with van der Waals surface area (Å²) in [5.74, 6) is 5.98. The number of nitrogens with two attached hydrogens (primary N) is 1. The molecule has 4 nitrogen and oxygen atoms in total. The molecule has 0 aliphatic carbocycles. The van der Waals surface area contributed by atoms with Crippen LogP contribution < -0.4 is 11.3 Å². The van der Waals surface area contributed by atoms with Crippen LogP contribution in [0.2, 0.25) is 0 Å². The average Bonchev–Trinajstić information content (AvgIpc) is 2.16.